The van der Waals surface area contributed by atoms with Gasteiger partial charge in [0.05, 0.1) is 28.6 Å². The van der Waals surface area contributed by atoms with Crippen molar-refractivity contribution in [2.45, 2.75) is 5.33 Å². The molecule has 0 saturated carbocycles. The second-order valence-corrected chi connectivity index (χ2v) is 4.08. The molecule has 3 aromatic rings. The number of hydrogen-bond acceptors (Lipinski definition) is 4. The molecule has 84 valence electrons. The fraction of sp³-hybridized carbons (Fsp3) is 0.0909. The summed E-state index contributed by atoms with van der Waals surface area (Å²) in [5.74, 6) is 0. The van der Waals surface area contributed by atoms with Gasteiger partial charge in [-0.15, -0.1) is 5.10 Å². The van der Waals surface area contributed by atoms with Gasteiger partial charge in [-0.1, -0.05) is 21.1 Å². The zero-order chi connectivity index (χ0) is 11.7. The van der Waals surface area contributed by atoms with Crippen LogP contribution < -0.4 is 0 Å². The molecule has 2 aromatic heterocycles. The Bertz CT molecular complexity index is 664. The summed E-state index contributed by atoms with van der Waals surface area (Å²) in [6.07, 6.45) is 5.24. The van der Waals surface area contributed by atoms with Gasteiger partial charge < -0.3 is 0 Å². The van der Waals surface area contributed by atoms with E-state index >= 15 is 0 Å². The molecule has 0 saturated heterocycles. The Kier molecular flexibility index (Phi) is 2.56. The minimum Gasteiger partial charge on any atom is -0.253 e. The van der Waals surface area contributed by atoms with Gasteiger partial charge in [0, 0.05) is 17.7 Å². The molecule has 0 aliphatic carbocycles. The molecule has 0 bridgehead atoms. The SMILES string of the molecule is BrCc1cn(-c2ccc3nccnc3c2)nn1. The average molecular weight is 290 g/mol. The van der Waals surface area contributed by atoms with Crippen molar-refractivity contribution in [3.63, 3.8) is 0 Å². The first-order chi connectivity index (χ1) is 8.36. The zero-order valence-electron chi connectivity index (χ0n) is 8.79. The maximum atomic E-state index is 4.26. The lowest BCUT2D eigenvalue weighted by Gasteiger charge is -2.01. The van der Waals surface area contributed by atoms with Crippen molar-refractivity contribution in [3.8, 4) is 5.69 Å². The molecule has 0 aliphatic rings. The van der Waals surface area contributed by atoms with Gasteiger partial charge in [0.1, 0.15) is 0 Å². The van der Waals surface area contributed by atoms with Crippen molar-refractivity contribution >= 4 is 27.0 Å². The summed E-state index contributed by atoms with van der Waals surface area (Å²) in [4.78, 5) is 8.48. The number of rotatable bonds is 2. The summed E-state index contributed by atoms with van der Waals surface area (Å²) in [5.41, 5.74) is 3.54. The van der Waals surface area contributed by atoms with Crippen molar-refractivity contribution in [1.29, 1.82) is 0 Å². The second-order valence-electron chi connectivity index (χ2n) is 3.52. The van der Waals surface area contributed by atoms with Crippen LogP contribution >= 0.6 is 15.9 Å². The molecule has 17 heavy (non-hydrogen) atoms. The highest BCUT2D eigenvalue weighted by molar-refractivity contribution is 9.08. The van der Waals surface area contributed by atoms with Crippen molar-refractivity contribution in [1.82, 2.24) is 25.0 Å². The summed E-state index contributed by atoms with van der Waals surface area (Å²) in [7, 11) is 0. The molecule has 5 nitrogen and oxygen atoms in total. The molecule has 1 aromatic carbocycles. The molecule has 0 fully saturated rings. The zero-order valence-corrected chi connectivity index (χ0v) is 10.4. The third-order valence-corrected chi connectivity index (χ3v) is 2.97. The number of benzene rings is 1. The van der Waals surface area contributed by atoms with Crippen LogP contribution in [0.2, 0.25) is 0 Å². The lowest BCUT2D eigenvalue weighted by Crippen LogP contribution is -1.95. The maximum absolute atomic E-state index is 4.26. The second kappa shape index (κ2) is 4.21. The molecule has 0 spiro atoms. The highest BCUT2D eigenvalue weighted by Crippen LogP contribution is 2.14. The van der Waals surface area contributed by atoms with Gasteiger partial charge in [-0.25, -0.2) is 4.68 Å². The predicted octanol–water partition coefficient (Wildman–Crippen LogP) is 2.11. The van der Waals surface area contributed by atoms with E-state index in [0.29, 0.717) is 5.33 Å². The lowest BCUT2D eigenvalue weighted by atomic mass is 10.2. The minimum atomic E-state index is 0.695. The van der Waals surface area contributed by atoms with E-state index in [-0.39, 0.29) is 0 Å². The van der Waals surface area contributed by atoms with Gasteiger partial charge in [0.15, 0.2) is 0 Å². The van der Waals surface area contributed by atoms with Crippen LogP contribution in [0.1, 0.15) is 5.69 Å². The van der Waals surface area contributed by atoms with Crippen LogP contribution in [0.4, 0.5) is 0 Å². The fourth-order valence-corrected chi connectivity index (χ4v) is 1.84. The van der Waals surface area contributed by atoms with Crippen LogP contribution in [-0.4, -0.2) is 25.0 Å². The molecule has 2 heterocycles. The summed E-state index contributed by atoms with van der Waals surface area (Å²) < 4.78 is 1.73. The third-order valence-electron chi connectivity index (χ3n) is 2.40. The van der Waals surface area contributed by atoms with Crippen molar-refractivity contribution < 1.29 is 0 Å². The Labute approximate surface area is 106 Å². The molecule has 6 heteroatoms. The number of hydrogen-bond donors (Lipinski definition) is 0. The Hall–Kier alpha value is -1.82. The van der Waals surface area contributed by atoms with E-state index in [4.69, 9.17) is 0 Å². The number of fused-ring (bicyclic) bond motifs is 1. The van der Waals surface area contributed by atoms with E-state index < -0.39 is 0 Å². The Balaban J connectivity index is 2.11. The first kappa shape index (κ1) is 10.3. The van der Waals surface area contributed by atoms with Gasteiger partial charge in [0.2, 0.25) is 0 Å². The number of alkyl halides is 1. The minimum absolute atomic E-state index is 0.695. The monoisotopic (exact) mass is 289 g/mol. The van der Waals surface area contributed by atoms with E-state index in [1.54, 1.807) is 17.1 Å². The van der Waals surface area contributed by atoms with Crippen LogP contribution in [0, 0.1) is 0 Å². The Morgan fingerprint density at radius 1 is 1.12 bits per heavy atom. The summed E-state index contributed by atoms with van der Waals surface area (Å²) in [6.45, 7) is 0. The normalized spacial score (nSPS) is 10.9. The molecule has 0 atom stereocenters. The quantitative estimate of drug-likeness (QED) is 0.678. The first-order valence-corrected chi connectivity index (χ1v) is 6.17. The van der Waals surface area contributed by atoms with Crippen LogP contribution in [0.3, 0.4) is 0 Å². The molecular weight excluding hydrogens is 282 g/mol. The maximum Gasteiger partial charge on any atom is 0.0937 e. The largest absolute Gasteiger partial charge is 0.253 e. The standard InChI is InChI=1S/C11H8BrN5/c12-6-8-7-17(16-15-8)9-1-2-10-11(5-9)14-4-3-13-10/h1-5,7H,6H2. The van der Waals surface area contributed by atoms with E-state index in [9.17, 15) is 0 Å². The molecule has 0 radical (unpaired) electrons. The molecule has 0 unspecified atom stereocenters. The fourth-order valence-electron chi connectivity index (χ4n) is 1.58. The summed E-state index contributed by atoms with van der Waals surface area (Å²) in [6, 6.07) is 5.81. The Morgan fingerprint density at radius 2 is 1.94 bits per heavy atom. The highest BCUT2D eigenvalue weighted by atomic mass is 79.9. The van der Waals surface area contributed by atoms with E-state index in [1.807, 2.05) is 24.4 Å². The van der Waals surface area contributed by atoms with Gasteiger partial charge in [0.25, 0.3) is 0 Å². The third kappa shape index (κ3) is 1.91. The summed E-state index contributed by atoms with van der Waals surface area (Å²) in [5, 5.41) is 8.77. The Morgan fingerprint density at radius 3 is 2.71 bits per heavy atom. The first-order valence-electron chi connectivity index (χ1n) is 5.05. The van der Waals surface area contributed by atoms with E-state index in [2.05, 4.69) is 36.2 Å². The van der Waals surface area contributed by atoms with Crippen LogP contribution in [-0.2, 0) is 5.33 Å². The average Bonchev–Trinajstić information content (AvgIpc) is 2.87. The molecule has 3 rings (SSSR count). The topological polar surface area (TPSA) is 56.5 Å². The van der Waals surface area contributed by atoms with Crippen LogP contribution in [0.25, 0.3) is 16.7 Å². The van der Waals surface area contributed by atoms with Crippen LogP contribution in [0.5, 0.6) is 0 Å². The number of aromatic nitrogens is 5. The van der Waals surface area contributed by atoms with Gasteiger partial charge >= 0.3 is 0 Å². The van der Waals surface area contributed by atoms with Gasteiger partial charge in [-0.2, -0.15) is 0 Å². The smallest absolute Gasteiger partial charge is 0.0937 e. The molecule has 0 N–H and O–H groups in total. The van der Waals surface area contributed by atoms with Crippen LogP contribution in [0.15, 0.2) is 36.8 Å². The van der Waals surface area contributed by atoms with Gasteiger partial charge in [-0.3, -0.25) is 9.97 Å². The van der Waals surface area contributed by atoms with Gasteiger partial charge in [-0.05, 0) is 18.2 Å². The van der Waals surface area contributed by atoms with Crippen molar-refractivity contribution in [2.24, 2.45) is 0 Å². The molecule has 0 amide bonds. The number of halogens is 1. The van der Waals surface area contributed by atoms with E-state index in [0.717, 1.165) is 22.4 Å². The molecule has 0 aliphatic heterocycles. The number of nitrogens with zero attached hydrogens (tertiary/aromatic N) is 5. The highest BCUT2D eigenvalue weighted by Gasteiger charge is 2.03. The van der Waals surface area contributed by atoms with Crippen molar-refractivity contribution in [2.75, 3.05) is 0 Å². The van der Waals surface area contributed by atoms with E-state index in [1.165, 1.54) is 0 Å². The lowest BCUT2D eigenvalue weighted by molar-refractivity contribution is 0.801. The predicted molar refractivity (Wildman–Crippen MR) is 67.1 cm³/mol. The molecular formula is C11H8BrN5. The summed E-state index contributed by atoms with van der Waals surface area (Å²) >= 11 is 3.34. The van der Waals surface area contributed by atoms with Crippen molar-refractivity contribution in [3.05, 3.63) is 42.5 Å².